The molecule has 1 atom stereocenters. The second-order valence-electron chi connectivity index (χ2n) is 13.7. The lowest BCUT2D eigenvalue weighted by molar-refractivity contribution is -0.117. The number of hydrogen-bond acceptors (Lipinski definition) is 2. The SMILES string of the molecule is C=C=C1CC(Cc2ccc(CCCCCC(C)=O)cc2)CC2(CCC(C(C)(C)C)CC2)N=C1c1cc(Cl)cc(Cl)c1. The Balaban J connectivity index is 1.54. The van der Waals surface area contributed by atoms with E-state index in [4.69, 9.17) is 28.2 Å². The second kappa shape index (κ2) is 13.9. The summed E-state index contributed by atoms with van der Waals surface area (Å²) in [6.07, 6.45) is 12.6. The maximum Gasteiger partial charge on any atom is 0.129 e. The van der Waals surface area contributed by atoms with E-state index in [2.05, 4.69) is 57.3 Å². The molecule has 0 saturated heterocycles. The third kappa shape index (κ3) is 8.93. The molecule has 220 valence electrons. The molecule has 2 aromatic carbocycles. The van der Waals surface area contributed by atoms with Gasteiger partial charge in [-0.15, -0.1) is 5.73 Å². The van der Waals surface area contributed by atoms with Crippen molar-refractivity contribution in [3.05, 3.63) is 87.1 Å². The molecule has 0 bridgehead atoms. The largest absolute Gasteiger partial charge is 0.300 e. The van der Waals surface area contributed by atoms with E-state index in [0.717, 1.165) is 80.6 Å². The Morgan fingerprint density at radius 1 is 1.00 bits per heavy atom. The third-order valence-corrected chi connectivity index (χ3v) is 9.76. The molecule has 41 heavy (non-hydrogen) atoms. The van der Waals surface area contributed by atoms with Crippen molar-refractivity contribution in [1.82, 2.24) is 0 Å². The summed E-state index contributed by atoms with van der Waals surface area (Å²) < 4.78 is 0. The molecule has 0 aromatic heterocycles. The van der Waals surface area contributed by atoms with Crippen LogP contribution in [0, 0.1) is 17.3 Å². The molecule has 1 heterocycles. The van der Waals surface area contributed by atoms with Gasteiger partial charge < -0.3 is 4.79 Å². The van der Waals surface area contributed by atoms with Gasteiger partial charge in [-0.05, 0) is 118 Å². The zero-order valence-electron chi connectivity index (χ0n) is 25.5. The highest BCUT2D eigenvalue weighted by Crippen LogP contribution is 2.48. The van der Waals surface area contributed by atoms with Gasteiger partial charge in [-0.25, -0.2) is 0 Å². The lowest BCUT2D eigenvalue weighted by Gasteiger charge is -2.43. The molecule has 1 unspecified atom stereocenters. The van der Waals surface area contributed by atoms with E-state index in [1.807, 2.05) is 12.1 Å². The van der Waals surface area contributed by atoms with Crippen LogP contribution in [0.2, 0.25) is 10.0 Å². The van der Waals surface area contributed by atoms with Crippen LogP contribution in [0.4, 0.5) is 0 Å². The van der Waals surface area contributed by atoms with Crippen molar-refractivity contribution in [3.8, 4) is 0 Å². The maximum absolute atomic E-state index is 11.2. The molecule has 2 aromatic rings. The first kappa shape index (κ1) is 31.8. The van der Waals surface area contributed by atoms with E-state index in [1.165, 1.54) is 24.0 Å². The number of benzene rings is 2. The second-order valence-corrected chi connectivity index (χ2v) is 14.6. The normalized spacial score (nSPS) is 23.2. The Kier molecular flexibility index (Phi) is 10.8. The van der Waals surface area contributed by atoms with Crippen molar-refractivity contribution in [2.75, 3.05) is 0 Å². The lowest BCUT2D eigenvalue weighted by atomic mass is 9.65. The highest BCUT2D eigenvalue weighted by Gasteiger charge is 2.42. The minimum atomic E-state index is -0.0883. The Labute approximate surface area is 258 Å². The summed E-state index contributed by atoms with van der Waals surface area (Å²) in [6.45, 7) is 12.9. The molecule has 0 N–H and O–H groups in total. The number of halogens is 2. The minimum absolute atomic E-state index is 0.0883. The predicted octanol–water partition coefficient (Wildman–Crippen LogP) is 10.8. The molecular weight excluding hydrogens is 545 g/mol. The van der Waals surface area contributed by atoms with Crippen LogP contribution in [0.5, 0.6) is 0 Å². The van der Waals surface area contributed by atoms with Gasteiger partial charge >= 0.3 is 0 Å². The summed E-state index contributed by atoms with van der Waals surface area (Å²) in [5.74, 6) is 1.47. The number of aliphatic imine (C=N–C) groups is 1. The monoisotopic (exact) mass is 591 g/mol. The minimum Gasteiger partial charge on any atom is -0.300 e. The fourth-order valence-corrected chi connectivity index (χ4v) is 7.49. The van der Waals surface area contributed by atoms with Gasteiger partial charge in [0, 0.05) is 27.6 Å². The zero-order chi connectivity index (χ0) is 29.6. The van der Waals surface area contributed by atoms with Crippen molar-refractivity contribution in [2.24, 2.45) is 22.2 Å². The van der Waals surface area contributed by atoms with Crippen molar-refractivity contribution in [1.29, 1.82) is 0 Å². The van der Waals surface area contributed by atoms with Crippen LogP contribution >= 0.6 is 23.2 Å². The fourth-order valence-electron chi connectivity index (χ4n) is 6.97. The van der Waals surface area contributed by atoms with Crippen LogP contribution in [0.3, 0.4) is 0 Å². The van der Waals surface area contributed by atoms with Crippen LogP contribution in [0.1, 0.15) is 109 Å². The Morgan fingerprint density at radius 2 is 1.63 bits per heavy atom. The molecule has 1 saturated carbocycles. The van der Waals surface area contributed by atoms with Crippen molar-refractivity contribution >= 4 is 34.7 Å². The summed E-state index contributed by atoms with van der Waals surface area (Å²) >= 11 is 12.9. The summed E-state index contributed by atoms with van der Waals surface area (Å²) in [5, 5.41) is 1.26. The molecule has 2 nitrogen and oxygen atoms in total. The van der Waals surface area contributed by atoms with Crippen LogP contribution in [-0.4, -0.2) is 17.0 Å². The molecule has 1 aliphatic heterocycles. The summed E-state index contributed by atoms with van der Waals surface area (Å²) in [7, 11) is 0. The van der Waals surface area contributed by atoms with Crippen LogP contribution < -0.4 is 0 Å². The number of nitrogens with zero attached hydrogens (tertiary/aromatic N) is 1. The average Bonchev–Trinajstić information content (AvgIpc) is 3.05. The predicted molar refractivity (Wildman–Crippen MR) is 176 cm³/mol. The number of carbonyl (C=O) groups excluding carboxylic acids is 1. The molecule has 4 rings (SSSR count). The van der Waals surface area contributed by atoms with Crippen LogP contribution in [-0.2, 0) is 17.6 Å². The smallest absolute Gasteiger partial charge is 0.129 e. The standard InChI is InChI=1S/C37H47Cl2NO/c1-6-30-21-29(20-28-14-12-27(13-15-28)11-9-7-8-10-26(2)41)25-37(18-16-32(17-19-37)36(3,4)5)40-35(30)31-22-33(38)24-34(39)23-31/h12-15,22-24,29,32H,1,7-11,16-21,25H2,2-5H3. The molecule has 1 fully saturated rings. The molecule has 4 heteroatoms. The van der Waals surface area contributed by atoms with E-state index >= 15 is 0 Å². The molecule has 0 amide bonds. The first-order valence-electron chi connectivity index (χ1n) is 15.5. The number of allylic oxidation sites excluding steroid dienone is 1. The number of unbranched alkanes of at least 4 members (excludes halogenated alkanes) is 2. The third-order valence-electron chi connectivity index (χ3n) is 9.33. The lowest BCUT2D eigenvalue weighted by Crippen LogP contribution is -2.38. The Morgan fingerprint density at radius 3 is 2.22 bits per heavy atom. The number of carbonyl (C=O) groups is 1. The van der Waals surface area contributed by atoms with E-state index in [-0.39, 0.29) is 5.54 Å². The summed E-state index contributed by atoms with van der Waals surface area (Å²) in [6, 6.07) is 15.0. The summed E-state index contributed by atoms with van der Waals surface area (Å²) in [5.41, 5.74) is 9.29. The highest BCUT2D eigenvalue weighted by atomic mass is 35.5. The first-order chi connectivity index (χ1) is 19.5. The molecular formula is C37H47Cl2NO. The van der Waals surface area contributed by atoms with Crippen LogP contribution in [0.15, 0.2) is 65.3 Å². The van der Waals surface area contributed by atoms with Gasteiger partial charge in [0.25, 0.3) is 0 Å². The van der Waals surface area contributed by atoms with E-state index < -0.39 is 0 Å². The number of aryl methyl sites for hydroxylation is 1. The maximum atomic E-state index is 11.2. The van der Waals surface area contributed by atoms with Crippen molar-refractivity contribution in [3.63, 3.8) is 0 Å². The van der Waals surface area contributed by atoms with E-state index in [1.54, 1.807) is 13.0 Å². The molecule has 1 spiro atoms. The van der Waals surface area contributed by atoms with Crippen molar-refractivity contribution < 1.29 is 4.79 Å². The van der Waals surface area contributed by atoms with E-state index in [9.17, 15) is 4.79 Å². The molecule has 2 aliphatic rings. The van der Waals surface area contributed by atoms with Gasteiger partial charge in [-0.1, -0.05) is 81.2 Å². The Hall–Kier alpha value is -2.12. The zero-order valence-corrected chi connectivity index (χ0v) is 27.0. The average molecular weight is 593 g/mol. The van der Waals surface area contributed by atoms with Gasteiger partial charge in [0.2, 0.25) is 0 Å². The van der Waals surface area contributed by atoms with Gasteiger partial charge in [0.15, 0.2) is 0 Å². The summed E-state index contributed by atoms with van der Waals surface area (Å²) in [4.78, 5) is 16.8. The fraction of sp³-hybridized carbons (Fsp3) is 0.541. The Bertz CT molecular complexity index is 1260. The van der Waals surface area contributed by atoms with Crippen LogP contribution in [0.25, 0.3) is 0 Å². The molecule has 1 aliphatic carbocycles. The topological polar surface area (TPSA) is 29.4 Å². The number of hydrogen-bond donors (Lipinski definition) is 0. The number of ketones is 1. The number of Topliss-reactive ketones (excluding diaryl/α,β-unsaturated/α-hetero) is 1. The first-order valence-corrected chi connectivity index (χ1v) is 16.2. The van der Waals surface area contributed by atoms with Crippen molar-refractivity contribution in [2.45, 2.75) is 110 Å². The quantitative estimate of drug-likeness (QED) is 0.210. The van der Waals surface area contributed by atoms with Gasteiger partial charge in [-0.2, -0.15) is 0 Å². The van der Waals surface area contributed by atoms with Gasteiger partial charge in [0.05, 0.1) is 11.3 Å². The van der Waals surface area contributed by atoms with Gasteiger partial charge in [-0.3, -0.25) is 4.99 Å². The highest BCUT2D eigenvalue weighted by molar-refractivity contribution is 6.35. The van der Waals surface area contributed by atoms with Gasteiger partial charge in [0.1, 0.15) is 5.78 Å². The number of rotatable bonds is 9. The van der Waals surface area contributed by atoms with E-state index in [0.29, 0.717) is 33.6 Å². The molecule has 0 radical (unpaired) electrons.